The number of nitrogens with zero attached hydrogens (tertiary/aromatic N) is 2. The molecule has 0 amide bonds. The fourth-order valence-electron chi connectivity index (χ4n) is 4.96. The van der Waals surface area contributed by atoms with Gasteiger partial charge in [0.05, 0.1) is 11.3 Å². The molecule has 4 rings (SSSR count). The predicted octanol–water partition coefficient (Wildman–Crippen LogP) is 6.41. The number of aliphatic carboxylic acids is 1. The molecule has 0 saturated carbocycles. The van der Waals surface area contributed by atoms with Gasteiger partial charge in [-0.2, -0.15) is 0 Å². The average molecular weight is 464 g/mol. The number of pyridine rings is 1. The van der Waals surface area contributed by atoms with Gasteiger partial charge in [-0.05, 0) is 76.0 Å². The molecule has 34 heavy (non-hydrogen) atoms. The van der Waals surface area contributed by atoms with Crippen LogP contribution < -0.4 is 4.90 Å². The van der Waals surface area contributed by atoms with E-state index in [4.69, 9.17) is 9.72 Å². The van der Waals surface area contributed by atoms with E-state index in [-0.39, 0.29) is 5.41 Å². The Balaban J connectivity index is 1.98. The lowest BCUT2D eigenvalue weighted by atomic mass is 9.81. The fraction of sp³-hybridized carbons (Fsp3) is 0.500. The van der Waals surface area contributed by atoms with Gasteiger partial charge in [0.1, 0.15) is 0 Å². The third-order valence-corrected chi connectivity index (χ3v) is 6.81. The summed E-state index contributed by atoms with van der Waals surface area (Å²) in [6.45, 7) is 15.9. The van der Waals surface area contributed by atoms with Crippen LogP contribution in [0.1, 0.15) is 70.5 Å². The van der Waals surface area contributed by atoms with Crippen LogP contribution in [0.3, 0.4) is 0 Å². The number of aromatic nitrogens is 2. The van der Waals surface area contributed by atoms with Crippen LogP contribution in [0, 0.1) is 19.3 Å². The molecular formula is C28H37N3O3. The lowest BCUT2D eigenvalue weighted by Gasteiger charge is -2.41. The SMILES string of the molecule is Cc1nc(C)c([C@H](OC(C)(C)C)C(=O)O)c(N2CCC(C)(C)CC2)c1-c1ccc2cc[nH]c2c1. The highest BCUT2D eigenvalue weighted by molar-refractivity contribution is 5.92. The van der Waals surface area contributed by atoms with E-state index >= 15 is 0 Å². The standard InChI is InChI=1S/C28H37N3O3/c1-17-22(20-9-8-19-10-13-29-21(19)16-20)24(31-14-11-28(6,7)12-15-31)23(18(2)30-17)25(26(32)33)34-27(3,4)5/h8-10,13,16,25,29H,11-12,14-15H2,1-7H3,(H,32,33)/t25-/m0/s1. The lowest BCUT2D eigenvalue weighted by molar-refractivity contribution is -0.160. The first-order valence-corrected chi connectivity index (χ1v) is 12.1. The van der Waals surface area contributed by atoms with Crippen molar-refractivity contribution in [2.24, 2.45) is 5.41 Å². The molecule has 0 aliphatic carbocycles. The van der Waals surface area contributed by atoms with Crippen molar-refractivity contribution < 1.29 is 14.6 Å². The van der Waals surface area contributed by atoms with Gasteiger partial charge in [-0.15, -0.1) is 0 Å². The van der Waals surface area contributed by atoms with Crippen molar-refractivity contribution in [3.63, 3.8) is 0 Å². The normalized spacial score (nSPS) is 17.2. The molecule has 1 fully saturated rings. The summed E-state index contributed by atoms with van der Waals surface area (Å²) in [6, 6.07) is 8.40. The molecule has 2 N–H and O–H groups in total. The molecule has 3 aromatic rings. The number of hydrogen-bond acceptors (Lipinski definition) is 4. The number of aromatic amines is 1. The van der Waals surface area contributed by atoms with Crippen LogP contribution in [0.5, 0.6) is 0 Å². The predicted molar refractivity (Wildman–Crippen MR) is 137 cm³/mol. The first-order valence-electron chi connectivity index (χ1n) is 12.1. The Morgan fingerprint density at radius 1 is 1.15 bits per heavy atom. The minimum absolute atomic E-state index is 0.269. The van der Waals surface area contributed by atoms with E-state index in [9.17, 15) is 9.90 Å². The fourth-order valence-corrected chi connectivity index (χ4v) is 4.96. The Morgan fingerprint density at radius 3 is 2.44 bits per heavy atom. The zero-order valence-corrected chi connectivity index (χ0v) is 21.5. The maximum atomic E-state index is 12.6. The van der Waals surface area contributed by atoms with Crippen LogP contribution in [-0.4, -0.2) is 39.7 Å². The number of aryl methyl sites for hydroxylation is 2. The van der Waals surface area contributed by atoms with Crippen LogP contribution in [0.25, 0.3) is 22.0 Å². The number of ether oxygens (including phenoxy) is 1. The zero-order valence-electron chi connectivity index (χ0n) is 21.5. The number of rotatable bonds is 5. The van der Waals surface area contributed by atoms with Gasteiger partial charge < -0.3 is 19.7 Å². The average Bonchev–Trinajstić information content (AvgIpc) is 3.19. The van der Waals surface area contributed by atoms with E-state index in [0.29, 0.717) is 11.3 Å². The van der Waals surface area contributed by atoms with E-state index in [1.54, 1.807) is 0 Å². The summed E-state index contributed by atoms with van der Waals surface area (Å²) in [5, 5.41) is 11.4. The number of carboxylic acid groups (broad SMARTS) is 1. The third-order valence-electron chi connectivity index (χ3n) is 6.81. The maximum Gasteiger partial charge on any atom is 0.337 e. The number of anilines is 1. The number of carbonyl (C=O) groups is 1. The highest BCUT2D eigenvalue weighted by Crippen LogP contribution is 2.45. The van der Waals surface area contributed by atoms with Crippen molar-refractivity contribution in [3.05, 3.63) is 47.4 Å². The van der Waals surface area contributed by atoms with Gasteiger partial charge in [0.25, 0.3) is 0 Å². The minimum atomic E-state index is -1.11. The van der Waals surface area contributed by atoms with Crippen molar-refractivity contribution >= 4 is 22.6 Å². The summed E-state index contributed by atoms with van der Waals surface area (Å²) < 4.78 is 6.15. The first-order chi connectivity index (χ1) is 15.9. The Hall–Kier alpha value is -2.86. The molecule has 182 valence electrons. The van der Waals surface area contributed by atoms with E-state index < -0.39 is 17.7 Å². The van der Waals surface area contributed by atoms with Crippen molar-refractivity contribution in [1.82, 2.24) is 9.97 Å². The molecule has 6 heteroatoms. The summed E-state index contributed by atoms with van der Waals surface area (Å²) >= 11 is 0. The topological polar surface area (TPSA) is 78.5 Å². The summed E-state index contributed by atoms with van der Waals surface area (Å²) in [7, 11) is 0. The number of hydrogen-bond donors (Lipinski definition) is 2. The molecule has 0 spiro atoms. The van der Waals surface area contributed by atoms with Crippen LogP contribution in [0.2, 0.25) is 0 Å². The molecule has 1 aliphatic rings. The highest BCUT2D eigenvalue weighted by Gasteiger charge is 2.36. The van der Waals surface area contributed by atoms with Crippen molar-refractivity contribution in [2.45, 2.75) is 73.0 Å². The second-order valence-corrected chi connectivity index (χ2v) is 11.3. The van der Waals surface area contributed by atoms with Crippen LogP contribution >= 0.6 is 0 Å². The number of carboxylic acids is 1. The van der Waals surface area contributed by atoms with Gasteiger partial charge in [-0.3, -0.25) is 4.98 Å². The molecule has 1 aliphatic heterocycles. The molecule has 6 nitrogen and oxygen atoms in total. The number of piperidine rings is 1. The summed E-state index contributed by atoms with van der Waals surface area (Å²) in [6.07, 6.45) is 2.91. The first kappa shape index (κ1) is 24.3. The van der Waals surface area contributed by atoms with E-state index in [1.807, 2.05) is 40.8 Å². The van der Waals surface area contributed by atoms with Crippen molar-refractivity contribution in [2.75, 3.05) is 18.0 Å². The molecule has 2 aromatic heterocycles. The van der Waals surface area contributed by atoms with Crippen molar-refractivity contribution in [3.8, 4) is 11.1 Å². The molecule has 1 atom stereocenters. The number of benzene rings is 1. The summed E-state index contributed by atoms with van der Waals surface area (Å²) in [5.41, 5.74) is 5.92. The van der Waals surface area contributed by atoms with Crippen molar-refractivity contribution in [1.29, 1.82) is 0 Å². The molecule has 0 radical (unpaired) electrons. The van der Waals surface area contributed by atoms with Gasteiger partial charge in [0.15, 0.2) is 6.10 Å². The quantitative estimate of drug-likeness (QED) is 0.457. The molecule has 0 bridgehead atoms. The molecule has 1 aromatic carbocycles. The van der Waals surface area contributed by atoms with E-state index in [2.05, 4.69) is 48.0 Å². The van der Waals surface area contributed by atoms with Gasteiger partial charge in [0.2, 0.25) is 0 Å². The van der Waals surface area contributed by atoms with E-state index in [1.165, 1.54) is 0 Å². The van der Waals surface area contributed by atoms with Gasteiger partial charge >= 0.3 is 5.97 Å². The Bertz CT molecular complexity index is 1210. The van der Waals surface area contributed by atoms with Crippen LogP contribution in [0.4, 0.5) is 5.69 Å². The zero-order chi connectivity index (χ0) is 24.8. The molecular weight excluding hydrogens is 426 g/mol. The van der Waals surface area contributed by atoms with Gasteiger partial charge in [-0.1, -0.05) is 26.0 Å². The molecule has 3 heterocycles. The monoisotopic (exact) mass is 463 g/mol. The number of H-pyrrole nitrogens is 1. The number of fused-ring (bicyclic) bond motifs is 1. The lowest BCUT2D eigenvalue weighted by Crippen LogP contribution is -2.39. The molecule has 1 saturated heterocycles. The maximum absolute atomic E-state index is 12.6. The van der Waals surface area contributed by atoms with E-state index in [0.717, 1.165) is 59.3 Å². The summed E-state index contributed by atoms with van der Waals surface area (Å²) in [5.74, 6) is -0.993. The van der Waals surface area contributed by atoms with Crippen LogP contribution in [0.15, 0.2) is 30.5 Å². The minimum Gasteiger partial charge on any atom is -0.479 e. The second kappa shape index (κ2) is 8.73. The highest BCUT2D eigenvalue weighted by atomic mass is 16.5. The largest absolute Gasteiger partial charge is 0.479 e. The Kier molecular flexibility index (Phi) is 6.23. The van der Waals surface area contributed by atoms with Crippen LogP contribution in [-0.2, 0) is 9.53 Å². The summed E-state index contributed by atoms with van der Waals surface area (Å²) in [4.78, 5) is 23.1. The van der Waals surface area contributed by atoms with Gasteiger partial charge in [0, 0.05) is 47.3 Å². The Morgan fingerprint density at radius 2 is 1.82 bits per heavy atom. The second-order valence-electron chi connectivity index (χ2n) is 11.3. The molecule has 0 unspecified atom stereocenters. The Labute approximate surface area is 202 Å². The third kappa shape index (κ3) is 4.83. The number of nitrogens with one attached hydrogen (secondary N) is 1. The van der Waals surface area contributed by atoms with Gasteiger partial charge in [-0.25, -0.2) is 4.79 Å². The smallest absolute Gasteiger partial charge is 0.337 e.